The van der Waals surface area contributed by atoms with Gasteiger partial charge in [-0.1, -0.05) is 12.1 Å². The van der Waals surface area contributed by atoms with Gasteiger partial charge in [0.15, 0.2) is 5.82 Å². The van der Waals surface area contributed by atoms with Crippen LogP contribution in [0.3, 0.4) is 0 Å². The summed E-state index contributed by atoms with van der Waals surface area (Å²) in [5.74, 6) is 1.14. The van der Waals surface area contributed by atoms with Crippen LogP contribution in [0.15, 0.2) is 10.6 Å². The lowest BCUT2D eigenvalue weighted by molar-refractivity contribution is 0.416. The van der Waals surface area contributed by atoms with Crippen LogP contribution in [0.4, 0.5) is 0 Å². The van der Waals surface area contributed by atoms with Crippen molar-refractivity contribution in [1.29, 1.82) is 0 Å². The smallest absolute Gasteiger partial charge is 0.276 e. The molecule has 0 amide bonds. The zero-order chi connectivity index (χ0) is 12.4. The molecule has 0 radical (unpaired) electrons. The Labute approximate surface area is 99.8 Å². The van der Waals surface area contributed by atoms with E-state index in [-0.39, 0.29) is 6.04 Å². The summed E-state index contributed by atoms with van der Waals surface area (Å²) in [4.78, 5) is 4.32. The van der Waals surface area contributed by atoms with Crippen LogP contribution >= 0.6 is 0 Å². The molecule has 0 aliphatic heterocycles. The van der Waals surface area contributed by atoms with Gasteiger partial charge in [-0.2, -0.15) is 10.1 Å². The molecule has 2 N–H and O–H groups in total. The lowest BCUT2D eigenvalue weighted by atomic mass is 10.2. The van der Waals surface area contributed by atoms with E-state index >= 15 is 0 Å². The van der Waals surface area contributed by atoms with E-state index in [0.717, 1.165) is 17.8 Å². The first kappa shape index (κ1) is 11.8. The molecule has 6 heteroatoms. The predicted octanol–water partition coefficient (Wildman–Crippen LogP) is 1.06. The molecule has 0 bridgehead atoms. The number of hydrogen-bond acceptors (Lipinski definition) is 5. The molecule has 0 spiro atoms. The summed E-state index contributed by atoms with van der Waals surface area (Å²) < 4.78 is 6.94. The summed E-state index contributed by atoms with van der Waals surface area (Å²) in [6.07, 6.45) is 1.53. The monoisotopic (exact) mass is 235 g/mol. The number of aryl methyl sites for hydroxylation is 2. The molecule has 1 atom stereocenters. The molecule has 0 saturated carbocycles. The highest BCUT2D eigenvalue weighted by molar-refractivity contribution is 5.47. The maximum Gasteiger partial charge on any atom is 0.276 e. The Bertz CT molecular complexity index is 502. The van der Waals surface area contributed by atoms with Gasteiger partial charge in [0, 0.05) is 19.5 Å². The van der Waals surface area contributed by atoms with Crippen LogP contribution in [0.2, 0.25) is 0 Å². The van der Waals surface area contributed by atoms with Crippen molar-refractivity contribution in [1.82, 2.24) is 19.9 Å². The second-order valence-corrected chi connectivity index (χ2v) is 4.18. The highest BCUT2D eigenvalue weighted by Gasteiger charge is 2.14. The maximum atomic E-state index is 5.85. The molecule has 2 aromatic heterocycles. The molecular formula is C11H17N5O. The Hall–Kier alpha value is -1.69. The molecule has 0 aliphatic carbocycles. The fraction of sp³-hybridized carbons (Fsp3) is 0.545. The third-order valence-corrected chi connectivity index (χ3v) is 2.66. The molecule has 0 fully saturated rings. The largest absolute Gasteiger partial charge is 0.332 e. The quantitative estimate of drug-likeness (QED) is 0.856. The number of nitrogens with zero attached hydrogens (tertiary/aromatic N) is 4. The van der Waals surface area contributed by atoms with Gasteiger partial charge in [0.2, 0.25) is 0 Å². The van der Waals surface area contributed by atoms with Crippen molar-refractivity contribution in [3.8, 4) is 11.6 Å². The van der Waals surface area contributed by atoms with Crippen LogP contribution in [-0.4, -0.2) is 26.0 Å². The van der Waals surface area contributed by atoms with Crippen molar-refractivity contribution in [3.05, 3.63) is 17.6 Å². The second-order valence-electron chi connectivity index (χ2n) is 4.18. The Morgan fingerprint density at radius 1 is 1.53 bits per heavy atom. The van der Waals surface area contributed by atoms with E-state index in [4.69, 9.17) is 10.3 Å². The molecular weight excluding hydrogens is 218 g/mol. The third-order valence-electron chi connectivity index (χ3n) is 2.66. The van der Waals surface area contributed by atoms with Gasteiger partial charge in [-0.25, -0.2) is 0 Å². The molecule has 6 nitrogen and oxygen atoms in total. The molecule has 0 saturated heterocycles. The Morgan fingerprint density at radius 3 is 2.88 bits per heavy atom. The zero-order valence-corrected chi connectivity index (χ0v) is 10.3. The van der Waals surface area contributed by atoms with Crippen molar-refractivity contribution in [2.75, 3.05) is 0 Å². The normalized spacial score (nSPS) is 12.9. The molecule has 0 aliphatic rings. The number of aromatic nitrogens is 4. The first-order chi connectivity index (χ1) is 8.10. The molecule has 92 valence electrons. The van der Waals surface area contributed by atoms with E-state index in [9.17, 15) is 0 Å². The molecule has 1 unspecified atom stereocenters. The van der Waals surface area contributed by atoms with Crippen molar-refractivity contribution in [2.45, 2.75) is 32.7 Å². The van der Waals surface area contributed by atoms with Crippen LogP contribution < -0.4 is 5.73 Å². The second kappa shape index (κ2) is 4.67. The summed E-state index contributed by atoms with van der Waals surface area (Å²) in [6.45, 7) is 3.96. The summed E-state index contributed by atoms with van der Waals surface area (Å²) in [5, 5.41) is 8.16. The van der Waals surface area contributed by atoms with Gasteiger partial charge in [0.25, 0.3) is 5.89 Å². The minimum atomic E-state index is 0.0775. The number of hydrogen-bond donors (Lipinski definition) is 1. The SMILES string of the molecule is CCC(N)Cc1noc(-c2cc(C)nn2C)n1. The van der Waals surface area contributed by atoms with Crippen molar-refractivity contribution < 1.29 is 4.52 Å². The van der Waals surface area contributed by atoms with Gasteiger partial charge in [-0.15, -0.1) is 0 Å². The van der Waals surface area contributed by atoms with Crippen molar-refractivity contribution in [2.24, 2.45) is 12.8 Å². The Morgan fingerprint density at radius 2 is 2.29 bits per heavy atom. The van der Waals surface area contributed by atoms with Gasteiger partial charge >= 0.3 is 0 Å². The lowest BCUT2D eigenvalue weighted by Gasteiger charge is -2.02. The van der Waals surface area contributed by atoms with Gasteiger partial charge in [-0.3, -0.25) is 4.68 Å². The topological polar surface area (TPSA) is 82.8 Å². The first-order valence-electron chi connectivity index (χ1n) is 5.69. The van der Waals surface area contributed by atoms with Crippen LogP contribution in [0.25, 0.3) is 11.6 Å². The lowest BCUT2D eigenvalue weighted by Crippen LogP contribution is -2.21. The fourth-order valence-corrected chi connectivity index (χ4v) is 1.63. The standard InChI is InChI=1S/C11H17N5O/c1-4-8(12)6-10-13-11(17-15-10)9-5-7(2)14-16(9)3/h5,8H,4,6,12H2,1-3H3. The van der Waals surface area contributed by atoms with Crippen LogP contribution in [0, 0.1) is 6.92 Å². The van der Waals surface area contributed by atoms with E-state index in [2.05, 4.69) is 15.2 Å². The number of rotatable bonds is 4. The van der Waals surface area contributed by atoms with Crippen LogP contribution in [-0.2, 0) is 13.5 Å². The van der Waals surface area contributed by atoms with Gasteiger partial charge < -0.3 is 10.3 Å². The molecule has 2 aromatic rings. The highest BCUT2D eigenvalue weighted by Crippen LogP contribution is 2.17. The minimum Gasteiger partial charge on any atom is -0.332 e. The van der Waals surface area contributed by atoms with E-state index < -0.39 is 0 Å². The van der Waals surface area contributed by atoms with Gasteiger partial charge in [0.1, 0.15) is 5.69 Å². The molecule has 0 aromatic carbocycles. The van der Waals surface area contributed by atoms with Gasteiger partial charge in [-0.05, 0) is 19.4 Å². The van der Waals surface area contributed by atoms with Crippen LogP contribution in [0.1, 0.15) is 24.9 Å². The first-order valence-corrected chi connectivity index (χ1v) is 5.69. The predicted molar refractivity (Wildman–Crippen MR) is 63.2 cm³/mol. The minimum absolute atomic E-state index is 0.0775. The van der Waals surface area contributed by atoms with Crippen LogP contribution in [0.5, 0.6) is 0 Å². The van der Waals surface area contributed by atoms with E-state index in [1.54, 1.807) is 4.68 Å². The van der Waals surface area contributed by atoms with Crippen molar-refractivity contribution in [3.63, 3.8) is 0 Å². The molecule has 17 heavy (non-hydrogen) atoms. The highest BCUT2D eigenvalue weighted by atomic mass is 16.5. The fourth-order valence-electron chi connectivity index (χ4n) is 1.63. The summed E-state index contributed by atoms with van der Waals surface area (Å²) in [7, 11) is 1.85. The average molecular weight is 235 g/mol. The average Bonchev–Trinajstić information content (AvgIpc) is 2.85. The van der Waals surface area contributed by atoms with E-state index in [1.165, 1.54) is 0 Å². The van der Waals surface area contributed by atoms with E-state index in [1.807, 2.05) is 27.0 Å². The summed E-state index contributed by atoms with van der Waals surface area (Å²) >= 11 is 0. The third kappa shape index (κ3) is 2.52. The van der Waals surface area contributed by atoms with E-state index in [0.29, 0.717) is 18.1 Å². The summed E-state index contributed by atoms with van der Waals surface area (Å²) in [6, 6.07) is 1.99. The zero-order valence-electron chi connectivity index (χ0n) is 10.3. The Kier molecular flexibility index (Phi) is 3.23. The Balaban J connectivity index is 2.21. The number of nitrogens with two attached hydrogens (primary N) is 1. The van der Waals surface area contributed by atoms with Crippen molar-refractivity contribution >= 4 is 0 Å². The summed E-state index contributed by atoms with van der Waals surface area (Å²) in [5.41, 5.74) is 7.60. The maximum absolute atomic E-state index is 5.85. The molecule has 2 rings (SSSR count). The molecule has 2 heterocycles. The van der Waals surface area contributed by atoms with Gasteiger partial charge in [0.05, 0.1) is 5.69 Å².